The standard InChI is InChI=1S/C18H14O4/c1-22-18(21)15-10-16(19)14-9-12(7-8-13(14)17(15)20)11-5-3-2-4-6-11/h2-10,19-20H,1H3. The number of esters is 1. The minimum absolute atomic E-state index is 0.0556. The van der Waals surface area contributed by atoms with E-state index in [2.05, 4.69) is 4.74 Å². The van der Waals surface area contributed by atoms with Crippen molar-refractivity contribution in [1.29, 1.82) is 0 Å². The van der Waals surface area contributed by atoms with Crippen molar-refractivity contribution in [3.05, 3.63) is 60.2 Å². The molecule has 0 aromatic heterocycles. The fourth-order valence-electron chi connectivity index (χ4n) is 2.47. The van der Waals surface area contributed by atoms with Crippen molar-refractivity contribution in [3.63, 3.8) is 0 Å². The highest BCUT2D eigenvalue weighted by Gasteiger charge is 2.17. The Balaban J connectivity index is 2.23. The number of fused-ring (bicyclic) bond motifs is 1. The molecule has 2 N–H and O–H groups in total. The third-order valence-corrected chi connectivity index (χ3v) is 3.60. The third kappa shape index (κ3) is 2.24. The molecule has 0 atom stereocenters. The molecule has 4 heteroatoms. The molecule has 0 heterocycles. The molecule has 3 aromatic rings. The molecule has 22 heavy (non-hydrogen) atoms. The van der Waals surface area contributed by atoms with Gasteiger partial charge in [-0.05, 0) is 29.3 Å². The van der Waals surface area contributed by atoms with Crippen molar-refractivity contribution in [2.45, 2.75) is 0 Å². The lowest BCUT2D eigenvalue weighted by Gasteiger charge is -2.10. The first-order valence-electron chi connectivity index (χ1n) is 6.74. The summed E-state index contributed by atoms with van der Waals surface area (Å²) in [6.45, 7) is 0. The predicted molar refractivity (Wildman–Crippen MR) is 84.1 cm³/mol. The van der Waals surface area contributed by atoms with Gasteiger partial charge in [0.05, 0.1) is 7.11 Å². The van der Waals surface area contributed by atoms with E-state index in [0.29, 0.717) is 10.8 Å². The molecule has 4 nitrogen and oxygen atoms in total. The molecule has 3 aromatic carbocycles. The average molecular weight is 294 g/mol. The van der Waals surface area contributed by atoms with Crippen molar-refractivity contribution < 1.29 is 19.7 Å². The van der Waals surface area contributed by atoms with E-state index >= 15 is 0 Å². The fourth-order valence-corrected chi connectivity index (χ4v) is 2.47. The van der Waals surface area contributed by atoms with Gasteiger partial charge < -0.3 is 14.9 Å². The van der Waals surface area contributed by atoms with Gasteiger partial charge in [0, 0.05) is 10.8 Å². The Hall–Kier alpha value is -3.01. The summed E-state index contributed by atoms with van der Waals surface area (Å²) in [5.74, 6) is -0.966. The van der Waals surface area contributed by atoms with Crippen LogP contribution in [0, 0.1) is 0 Å². The summed E-state index contributed by atoms with van der Waals surface area (Å²) in [6.07, 6.45) is 0. The van der Waals surface area contributed by atoms with Gasteiger partial charge in [-0.3, -0.25) is 0 Å². The highest BCUT2D eigenvalue weighted by atomic mass is 16.5. The molecule has 3 rings (SSSR count). The molecule has 0 radical (unpaired) electrons. The summed E-state index contributed by atoms with van der Waals surface area (Å²) in [5, 5.41) is 21.3. The summed E-state index contributed by atoms with van der Waals surface area (Å²) in [5.41, 5.74) is 1.86. The van der Waals surface area contributed by atoms with Crippen LogP contribution in [0.1, 0.15) is 10.4 Å². The Morgan fingerprint density at radius 1 is 0.909 bits per heavy atom. The van der Waals surface area contributed by atoms with E-state index in [1.165, 1.54) is 13.2 Å². The zero-order valence-corrected chi connectivity index (χ0v) is 11.9. The maximum absolute atomic E-state index is 11.6. The number of ether oxygens (including phenoxy) is 1. The van der Waals surface area contributed by atoms with E-state index in [4.69, 9.17) is 0 Å². The zero-order valence-electron chi connectivity index (χ0n) is 11.9. The van der Waals surface area contributed by atoms with Gasteiger partial charge in [0.25, 0.3) is 0 Å². The van der Waals surface area contributed by atoms with Crippen molar-refractivity contribution in [3.8, 4) is 22.6 Å². The maximum Gasteiger partial charge on any atom is 0.341 e. The smallest absolute Gasteiger partial charge is 0.341 e. The van der Waals surface area contributed by atoms with Crippen LogP contribution in [0.25, 0.3) is 21.9 Å². The summed E-state index contributed by atoms with van der Waals surface area (Å²) in [7, 11) is 1.22. The molecule has 0 fully saturated rings. The van der Waals surface area contributed by atoms with Crippen LogP contribution in [-0.2, 0) is 4.74 Å². The van der Waals surface area contributed by atoms with Crippen molar-refractivity contribution >= 4 is 16.7 Å². The second-order valence-corrected chi connectivity index (χ2v) is 4.91. The molecular weight excluding hydrogens is 280 g/mol. The first-order chi connectivity index (χ1) is 10.6. The highest BCUT2D eigenvalue weighted by molar-refractivity contribution is 6.04. The van der Waals surface area contributed by atoms with Gasteiger partial charge in [-0.2, -0.15) is 0 Å². The number of methoxy groups -OCH3 is 1. The third-order valence-electron chi connectivity index (χ3n) is 3.60. The highest BCUT2D eigenvalue weighted by Crippen LogP contribution is 2.37. The average Bonchev–Trinajstić information content (AvgIpc) is 2.57. The van der Waals surface area contributed by atoms with Gasteiger partial charge >= 0.3 is 5.97 Å². The molecule has 0 saturated carbocycles. The van der Waals surface area contributed by atoms with E-state index in [1.807, 2.05) is 36.4 Å². The second kappa shape index (κ2) is 5.41. The van der Waals surface area contributed by atoms with Gasteiger partial charge in [-0.25, -0.2) is 4.79 Å². The van der Waals surface area contributed by atoms with Gasteiger partial charge in [-0.15, -0.1) is 0 Å². The molecule has 0 aliphatic carbocycles. The van der Waals surface area contributed by atoms with Crippen LogP contribution in [0.3, 0.4) is 0 Å². The van der Waals surface area contributed by atoms with Crippen LogP contribution in [0.15, 0.2) is 54.6 Å². The van der Waals surface area contributed by atoms with Crippen molar-refractivity contribution in [2.24, 2.45) is 0 Å². The maximum atomic E-state index is 11.6. The molecule has 0 spiro atoms. The van der Waals surface area contributed by atoms with E-state index < -0.39 is 5.97 Å². The minimum Gasteiger partial charge on any atom is -0.507 e. The van der Waals surface area contributed by atoms with Crippen LogP contribution in [0.4, 0.5) is 0 Å². The van der Waals surface area contributed by atoms with Gasteiger partial charge in [0.15, 0.2) is 0 Å². The number of rotatable bonds is 2. The van der Waals surface area contributed by atoms with Gasteiger partial charge in [-0.1, -0.05) is 36.4 Å². The quantitative estimate of drug-likeness (QED) is 0.558. The first kappa shape index (κ1) is 13.9. The summed E-state index contributed by atoms with van der Waals surface area (Å²) < 4.78 is 4.60. The van der Waals surface area contributed by atoms with Crippen LogP contribution < -0.4 is 0 Å². The molecule has 0 aliphatic rings. The van der Waals surface area contributed by atoms with Gasteiger partial charge in [0.1, 0.15) is 17.1 Å². The minimum atomic E-state index is -0.693. The van der Waals surface area contributed by atoms with Gasteiger partial charge in [0.2, 0.25) is 0 Å². The lowest BCUT2D eigenvalue weighted by molar-refractivity contribution is 0.0597. The van der Waals surface area contributed by atoms with Crippen LogP contribution in [0.5, 0.6) is 11.5 Å². The topological polar surface area (TPSA) is 66.8 Å². The molecule has 0 saturated heterocycles. The van der Waals surface area contributed by atoms with E-state index in [1.54, 1.807) is 12.1 Å². The molecule has 0 aliphatic heterocycles. The number of hydrogen-bond donors (Lipinski definition) is 2. The number of benzene rings is 3. The lowest BCUT2D eigenvalue weighted by atomic mass is 9.98. The van der Waals surface area contributed by atoms with Crippen LogP contribution in [0.2, 0.25) is 0 Å². The first-order valence-corrected chi connectivity index (χ1v) is 6.74. The summed E-state index contributed by atoms with van der Waals surface area (Å²) in [4.78, 5) is 11.6. The van der Waals surface area contributed by atoms with Crippen LogP contribution in [-0.4, -0.2) is 23.3 Å². The van der Waals surface area contributed by atoms with E-state index in [-0.39, 0.29) is 17.1 Å². The Morgan fingerprint density at radius 2 is 1.64 bits per heavy atom. The molecule has 0 amide bonds. The zero-order chi connectivity index (χ0) is 15.7. The Labute approximate surface area is 127 Å². The number of carbonyl (C=O) groups is 1. The number of phenolic OH excluding ortho intramolecular Hbond substituents is 2. The monoisotopic (exact) mass is 294 g/mol. The summed E-state index contributed by atoms with van der Waals surface area (Å²) in [6, 6.07) is 16.2. The Morgan fingerprint density at radius 3 is 2.32 bits per heavy atom. The van der Waals surface area contributed by atoms with Crippen molar-refractivity contribution in [2.75, 3.05) is 7.11 Å². The molecule has 0 unspecified atom stereocenters. The molecule has 110 valence electrons. The second-order valence-electron chi connectivity index (χ2n) is 4.91. The van der Waals surface area contributed by atoms with E-state index in [9.17, 15) is 15.0 Å². The number of phenols is 2. The van der Waals surface area contributed by atoms with Crippen LogP contribution >= 0.6 is 0 Å². The fraction of sp³-hybridized carbons (Fsp3) is 0.0556. The normalized spacial score (nSPS) is 10.6. The lowest BCUT2D eigenvalue weighted by Crippen LogP contribution is -2.01. The molecule has 0 bridgehead atoms. The van der Waals surface area contributed by atoms with Crippen molar-refractivity contribution in [1.82, 2.24) is 0 Å². The number of hydrogen-bond acceptors (Lipinski definition) is 4. The number of carbonyl (C=O) groups excluding carboxylic acids is 1. The summed E-state index contributed by atoms with van der Waals surface area (Å²) >= 11 is 0. The predicted octanol–water partition coefficient (Wildman–Crippen LogP) is 3.70. The Bertz CT molecular complexity index is 854. The number of aromatic hydroxyl groups is 2. The Kier molecular flexibility index (Phi) is 3.43. The van der Waals surface area contributed by atoms with E-state index in [0.717, 1.165) is 11.1 Å². The largest absolute Gasteiger partial charge is 0.507 e. The molecular formula is C18H14O4. The SMILES string of the molecule is COC(=O)c1cc(O)c2cc(-c3ccccc3)ccc2c1O.